The summed E-state index contributed by atoms with van der Waals surface area (Å²) in [6, 6.07) is 0. The molecule has 0 atom stereocenters. The number of nitrogens with two attached hydrogens (primary N) is 1. The summed E-state index contributed by atoms with van der Waals surface area (Å²) in [7, 11) is 0. The summed E-state index contributed by atoms with van der Waals surface area (Å²) in [5, 5.41) is 1.02. The lowest BCUT2D eigenvalue weighted by Crippen LogP contribution is -2.03. The normalized spacial score (nSPS) is 10.4. The zero-order valence-electron chi connectivity index (χ0n) is 8.23. The molecular formula is C8H10ClN3O2S. The Bertz CT molecular complexity index is 373. The quantitative estimate of drug-likeness (QED) is 0.645. The summed E-state index contributed by atoms with van der Waals surface area (Å²) >= 11 is 7.27. The van der Waals surface area contributed by atoms with Crippen LogP contribution in [-0.2, 0) is 4.79 Å². The van der Waals surface area contributed by atoms with E-state index in [2.05, 4.69) is 14.7 Å². The average Bonchev–Trinajstić information content (AvgIpc) is 2.13. The lowest BCUT2D eigenvalue weighted by molar-refractivity contribution is -0.120. The molecule has 0 amide bonds. The second-order valence-electron chi connectivity index (χ2n) is 2.89. The maximum atomic E-state index is 10.1. The van der Waals surface area contributed by atoms with Gasteiger partial charge in [-0.05, 0) is 0 Å². The number of anilines is 1. The van der Waals surface area contributed by atoms with Crippen LogP contribution in [0.4, 0.5) is 5.82 Å². The molecule has 0 aliphatic carbocycles. The van der Waals surface area contributed by atoms with Gasteiger partial charge in [-0.25, -0.2) is 4.98 Å². The fourth-order valence-corrected chi connectivity index (χ4v) is 1.82. The highest BCUT2D eigenvalue weighted by Crippen LogP contribution is 2.30. The predicted octanol–water partition coefficient (Wildman–Crippen LogP) is 1.75. The second-order valence-corrected chi connectivity index (χ2v) is 4.81. The van der Waals surface area contributed by atoms with Crippen molar-refractivity contribution in [2.45, 2.75) is 24.1 Å². The lowest BCUT2D eigenvalue weighted by atomic mass is 10.6. The van der Waals surface area contributed by atoms with E-state index in [9.17, 15) is 4.79 Å². The molecule has 1 aromatic rings. The Morgan fingerprint density at radius 3 is 2.73 bits per heavy atom. The van der Waals surface area contributed by atoms with Crippen LogP contribution < -0.4 is 10.5 Å². The van der Waals surface area contributed by atoms with E-state index in [1.165, 1.54) is 11.8 Å². The topological polar surface area (TPSA) is 78.1 Å². The number of nitrogens with zero attached hydrogens (tertiary/aromatic N) is 2. The molecule has 0 aliphatic rings. The van der Waals surface area contributed by atoms with Crippen molar-refractivity contribution in [2.24, 2.45) is 0 Å². The number of hydrogen-bond acceptors (Lipinski definition) is 6. The van der Waals surface area contributed by atoms with Crippen LogP contribution in [0.2, 0.25) is 5.15 Å². The van der Waals surface area contributed by atoms with E-state index in [-0.39, 0.29) is 23.3 Å². The summed E-state index contributed by atoms with van der Waals surface area (Å²) in [6.45, 7) is 4.22. The Kier molecular flexibility index (Phi) is 4.16. The minimum Gasteiger partial charge on any atom is -0.406 e. The van der Waals surface area contributed by atoms with Gasteiger partial charge in [0.1, 0.15) is 5.03 Å². The number of halogens is 1. The average molecular weight is 248 g/mol. The number of carbonyl (C=O) groups is 1. The van der Waals surface area contributed by atoms with Crippen molar-refractivity contribution in [2.75, 3.05) is 5.73 Å². The van der Waals surface area contributed by atoms with Gasteiger partial charge < -0.3 is 10.5 Å². The third kappa shape index (κ3) is 3.24. The maximum absolute atomic E-state index is 10.1. The monoisotopic (exact) mass is 247 g/mol. The molecule has 1 heterocycles. The molecule has 7 heteroatoms. The van der Waals surface area contributed by atoms with E-state index in [0.29, 0.717) is 10.3 Å². The van der Waals surface area contributed by atoms with E-state index < -0.39 is 0 Å². The number of thioether (sulfide) groups is 1. The van der Waals surface area contributed by atoms with Crippen LogP contribution in [0.1, 0.15) is 13.8 Å². The van der Waals surface area contributed by atoms with E-state index in [0.717, 1.165) is 0 Å². The third-order valence-electron chi connectivity index (χ3n) is 1.32. The van der Waals surface area contributed by atoms with Gasteiger partial charge in [-0.2, -0.15) is 4.98 Å². The zero-order chi connectivity index (χ0) is 11.4. The first kappa shape index (κ1) is 12.1. The third-order valence-corrected chi connectivity index (χ3v) is 2.68. The zero-order valence-corrected chi connectivity index (χ0v) is 9.80. The fourth-order valence-electron chi connectivity index (χ4n) is 0.828. The van der Waals surface area contributed by atoms with Crippen molar-refractivity contribution in [3.8, 4) is 5.88 Å². The molecule has 0 unspecified atom stereocenters. The van der Waals surface area contributed by atoms with Crippen molar-refractivity contribution in [1.82, 2.24) is 9.97 Å². The second kappa shape index (κ2) is 5.18. The Morgan fingerprint density at radius 2 is 2.20 bits per heavy atom. The Balaban J connectivity index is 3.02. The molecule has 1 aromatic heterocycles. The van der Waals surface area contributed by atoms with Gasteiger partial charge in [0.25, 0.3) is 12.4 Å². The molecule has 0 saturated carbocycles. The van der Waals surface area contributed by atoms with Gasteiger partial charge in [-0.15, -0.1) is 11.8 Å². The summed E-state index contributed by atoms with van der Waals surface area (Å²) in [5.41, 5.74) is 5.52. The SMILES string of the molecule is CC(C)Sc1nc(N)c(OC=O)nc1Cl. The van der Waals surface area contributed by atoms with Crippen LogP contribution in [-0.4, -0.2) is 21.7 Å². The van der Waals surface area contributed by atoms with Crippen LogP contribution in [0.5, 0.6) is 5.88 Å². The van der Waals surface area contributed by atoms with E-state index in [4.69, 9.17) is 17.3 Å². The number of nitrogen functional groups attached to an aromatic ring is 1. The fraction of sp³-hybridized carbons (Fsp3) is 0.375. The van der Waals surface area contributed by atoms with Crippen molar-refractivity contribution in [1.29, 1.82) is 0 Å². The number of hydrogen-bond donors (Lipinski definition) is 1. The van der Waals surface area contributed by atoms with E-state index in [1.807, 2.05) is 13.8 Å². The molecule has 15 heavy (non-hydrogen) atoms. The minimum absolute atomic E-state index is 0.0506. The smallest absolute Gasteiger partial charge is 0.299 e. The molecule has 0 fully saturated rings. The Labute approximate surface area is 96.4 Å². The molecule has 0 radical (unpaired) electrons. The minimum atomic E-state index is -0.0666. The van der Waals surface area contributed by atoms with E-state index in [1.54, 1.807) is 0 Å². The van der Waals surface area contributed by atoms with Crippen LogP contribution in [0.25, 0.3) is 0 Å². The predicted molar refractivity (Wildman–Crippen MR) is 59.1 cm³/mol. The first-order chi connectivity index (χ1) is 7.04. The van der Waals surface area contributed by atoms with Gasteiger partial charge in [0.2, 0.25) is 0 Å². The summed E-state index contributed by atoms with van der Waals surface area (Å²) in [6.07, 6.45) is 0. The molecule has 0 spiro atoms. The van der Waals surface area contributed by atoms with Crippen LogP contribution in [0, 0.1) is 0 Å². The highest BCUT2D eigenvalue weighted by atomic mass is 35.5. The van der Waals surface area contributed by atoms with Crippen LogP contribution in [0.15, 0.2) is 5.03 Å². The lowest BCUT2D eigenvalue weighted by Gasteiger charge is -2.07. The number of carbonyl (C=O) groups excluding carboxylic acids is 1. The van der Waals surface area contributed by atoms with Crippen molar-refractivity contribution >= 4 is 35.7 Å². The molecule has 1 rings (SSSR count). The summed E-state index contributed by atoms with van der Waals surface area (Å²) in [5.74, 6) is -0.0160. The van der Waals surface area contributed by atoms with Gasteiger partial charge >= 0.3 is 0 Å². The van der Waals surface area contributed by atoms with Gasteiger partial charge in [-0.3, -0.25) is 4.79 Å². The first-order valence-corrected chi connectivity index (χ1v) is 5.40. The summed E-state index contributed by atoms with van der Waals surface area (Å²) < 4.78 is 4.50. The van der Waals surface area contributed by atoms with Gasteiger partial charge in [-0.1, -0.05) is 25.4 Å². The standard InChI is InChI=1S/C8H10ClN3O2S/c1-4(2)15-8-5(9)11-7(14-3-13)6(10)12-8/h3-4H,1-2H3,(H2,10,12). The highest BCUT2D eigenvalue weighted by Gasteiger charge is 2.12. The molecule has 0 saturated heterocycles. The maximum Gasteiger partial charge on any atom is 0.299 e. The first-order valence-electron chi connectivity index (χ1n) is 4.14. The molecular weight excluding hydrogens is 238 g/mol. The van der Waals surface area contributed by atoms with Crippen LogP contribution >= 0.6 is 23.4 Å². The molecule has 82 valence electrons. The number of ether oxygens (including phenoxy) is 1. The molecule has 5 nitrogen and oxygen atoms in total. The van der Waals surface area contributed by atoms with Crippen molar-refractivity contribution in [3.63, 3.8) is 0 Å². The van der Waals surface area contributed by atoms with Crippen molar-refractivity contribution in [3.05, 3.63) is 5.15 Å². The number of rotatable bonds is 4. The Morgan fingerprint density at radius 1 is 1.53 bits per heavy atom. The molecule has 0 aliphatic heterocycles. The summed E-state index contributed by atoms with van der Waals surface area (Å²) in [4.78, 5) is 17.9. The van der Waals surface area contributed by atoms with Crippen LogP contribution in [0.3, 0.4) is 0 Å². The molecule has 0 bridgehead atoms. The molecule has 2 N–H and O–H groups in total. The van der Waals surface area contributed by atoms with Crippen molar-refractivity contribution < 1.29 is 9.53 Å². The Hall–Kier alpha value is -1.01. The van der Waals surface area contributed by atoms with Gasteiger partial charge in [0.05, 0.1) is 0 Å². The molecule has 0 aromatic carbocycles. The largest absolute Gasteiger partial charge is 0.406 e. The number of aromatic nitrogens is 2. The van der Waals surface area contributed by atoms with Gasteiger partial charge in [0.15, 0.2) is 11.0 Å². The highest BCUT2D eigenvalue weighted by molar-refractivity contribution is 7.99. The van der Waals surface area contributed by atoms with Gasteiger partial charge in [0, 0.05) is 5.25 Å². The van der Waals surface area contributed by atoms with E-state index >= 15 is 0 Å².